The van der Waals surface area contributed by atoms with Gasteiger partial charge in [-0.3, -0.25) is 0 Å². The molecule has 0 atom stereocenters. The van der Waals surface area contributed by atoms with E-state index in [1.54, 1.807) is 0 Å². The molecule has 0 radical (unpaired) electrons. The largest absolute Gasteiger partial charge is 0.463 e. The van der Waals surface area contributed by atoms with Gasteiger partial charge >= 0.3 is 5.97 Å². The number of ether oxygens (including phenoxy) is 1. The molecular weight excluding hydrogens is 238 g/mol. The van der Waals surface area contributed by atoms with Crippen LogP contribution < -0.4 is 0 Å². The lowest BCUT2D eigenvalue weighted by molar-refractivity contribution is -0.138. The van der Waals surface area contributed by atoms with Crippen LogP contribution in [0.5, 0.6) is 0 Å². The molecule has 3 nitrogen and oxygen atoms in total. The predicted octanol–water partition coefficient (Wildman–Crippen LogP) is 3.07. The van der Waals surface area contributed by atoms with Crippen molar-refractivity contribution in [3.63, 3.8) is 0 Å². The highest BCUT2D eigenvalue weighted by Gasteiger charge is 2.21. The zero-order valence-corrected chi connectivity index (χ0v) is 11.3. The minimum absolute atomic E-state index is 0.180. The number of para-hydroxylation sites is 1. The van der Waals surface area contributed by atoms with E-state index in [2.05, 4.69) is 23.7 Å². The average Bonchev–Trinajstić information content (AvgIpc) is 2.73. The van der Waals surface area contributed by atoms with E-state index in [9.17, 15) is 4.79 Å². The van der Waals surface area contributed by atoms with Crippen LogP contribution in [0.25, 0.3) is 17.0 Å². The second-order valence-electron chi connectivity index (χ2n) is 4.83. The molecule has 19 heavy (non-hydrogen) atoms. The van der Waals surface area contributed by atoms with Gasteiger partial charge in [-0.2, -0.15) is 0 Å². The third-order valence-corrected chi connectivity index (χ3v) is 3.76. The molecular formula is C16H17NO2. The van der Waals surface area contributed by atoms with Crippen molar-refractivity contribution >= 4 is 22.9 Å². The van der Waals surface area contributed by atoms with E-state index in [1.807, 2.05) is 25.1 Å². The smallest absolute Gasteiger partial charge is 0.334 e. The quantitative estimate of drug-likeness (QED) is 0.772. The first-order valence-electron chi connectivity index (χ1n) is 6.66. The van der Waals surface area contributed by atoms with Crippen LogP contribution in [0.1, 0.15) is 24.6 Å². The summed E-state index contributed by atoms with van der Waals surface area (Å²) < 4.78 is 7.33. The topological polar surface area (TPSA) is 31.2 Å². The highest BCUT2D eigenvalue weighted by molar-refractivity contribution is 6.00. The van der Waals surface area contributed by atoms with Gasteiger partial charge in [0.1, 0.15) is 0 Å². The van der Waals surface area contributed by atoms with E-state index < -0.39 is 0 Å². The molecule has 0 N–H and O–H groups in total. The maximum absolute atomic E-state index is 11.9. The van der Waals surface area contributed by atoms with E-state index >= 15 is 0 Å². The number of carbonyl (C=O) groups excluding carboxylic acids is 1. The number of rotatable bonds is 2. The standard InChI is InChI=1S/C16H17NO2/c1-3-19-16(18)11-8-9-15-13(10-11)12-6-4-5-7-14(12)17(15)2/h4-7,10H,3,8-9H2,1-2H3. The number of hydrogen-bond donors (Lipinski definition) is 0. The first kappa shape index (κ1) is 12.0. The van der Waals surface area contributed by atoms with Crippen molar-refractivity contribution in [2.24, 2.45) is 7.05 Å². The van der Waals surface area contributed by atoms with E-state index in [4.69, 9.17) is 4.74 Å². The minimum Gasteiger partial charge on any atom is -0.463 e. The molecule has 3 rings (SSSR count). The molecule has 0 fully saturated rings. The number of hydrogen-bond acceptors (Lipinski definition) is 2. The molecule has 1 heterocycles. The van der Waals surface area contributed by atoms with Gasteiger partial charge in [-0.05, 0) is 31.9 Å². The first-order valence-corrected chi connectivity index (χ1v) is 6.66. The summed E-state index contributed by atoms with van der Waals surface area (Å²) in [6.45, 7) is 2.27. The molecule has 0 saturated heterocycles. The average molecular weight is 255 g/mol. The van der Waals surface area contributed by atoms with E-state index in [0.717, 1.165) is 18.4 Å². The number of aromatic nitrogens is 1. The number of esters is 1. The van der Waals surface area contributed by atoms with E-state index in [1.165, 1.54) is 22.2 Å². The summed E-state index contributed by atoms with van der Waals surface area (Å²) in [7, 11) is 2.09. The van der Waals surface area contributed by atoms with Crippen molar-refractivity contribution < 1.29 is 9.53 Å². The Kier molecular flexibility index (Phi) is 2.90. The maximum Gasteiger partial charge on any atom is 0.334 e. The van der Waals surface area contributed by atoms with Crippen LogP contribution in [0.3, 0.4) is 0 Å². The fourth-order valence-electron chi connectivity index (χ4n) is 2.82. The van der Waals surface area contributed by atoms with Crippen molar-refractivity contribution in [1.29, 1.82) is 0 Å². The van der Waals surface area contributed by atoms with Gasteiger partial charge in [0, 0.05) is 34.8 Å². The molecule has 0 aliphatic heterocycles. The maximum atomic E-state index is 11.9. The van der Waals surface area contributed by atoms with Crippen LogP contribution in [0.4, 0.5) is 0 Å². The lowest BCUT2D eigenvalue weighted by atomic mass is 9.96. The van der Waals surface area contributed by atoms with Gasteiger partial charge in [0.15, 0.2) is 0 Å². The van der Waals surface area contributed by atoms with Crippen molar-refractivity contribution in [1.82, 2.24) is 4.57 Å². The monoisotopic (exact) mass is 255 g/mol. The lowest BCUT2D eigenvalue weighted by Crippen LogP contribution is -2.12. The molecule has 0 bridgehead atoms. The molecule has 1 aliphatic carbocycles. The highest BCUT2D eigenvalue weighted by atomic mass is 16.5. The van der Waals surface area contributed by atoms with Gasteiger partial charge in [-0.15, -0.1) is 0 Å². The molecule has 2 aromatic rings. The van der Waals surface area contributed by atoms with Crippen molar-refractivity contribution in [2.45, 2.75) is 19.8 Å². The highest BCUT2D eigenvalue weighted by Crippen LogP contribution is 2.32. The van der Waals surface area contributed by atoms with Gasteiger partial charge in [-0.1, -0.05) is 18.2 Å². The van der Waals surface area contributed by atoms with Gasteiger partial charge in [0.2, 0.25) is 0 Å². The zero-order chi connectivity index (χ0) is 13.4. The summed E-state index contributed by atoms with van der Waals surface area (Å²) >= 11 is 0. The molecule has 1 aliphatic rings. The number of benzene rings is 1. The Morgan fingerprint density at radius 1 is 1.32 bits per heavy atom. The Balaban J connectivity index is 2.14. The minimum atomic E-state index is -0.180. The Bertz CT molecular complexity index is 679. The molecule has 0 amide bonds. The SMILES string of the molecule is CCOC(=O)C1=Cc2c(n(C)c3ccccc23)CC1. The summed E-state index contributed by atoms with van der Waals surface area (Å²) in [6, 6.07) is 8.31. The normalized spacial score (nSPS) is 14.1. The number of carbonyl (C=O) groups is 1. The Morgan fingerprint density at radius 3 is 2.89 bits per heavy atom. The lowest BCUT2D eigenvalue weighted by Gasteiger charge is -2.14. The van der Waals surface area contributed by atoms with Gasteiger partial charge in [0.25, 0.3) is 0 Å². The number of nitrogens with zero attached hydrogens (tertiary/aromatic N) is 1. The van der Waals surface area contributed by atoms with Crippen molar-refractivity contribution in [3.05, 3.63) is 41.1 Å². The Hall–Kier alpha value is -2.03. The van der Waals surface area contributed by atoms with Crippen molar-refractivity contribution in [2.75, 3.05) is 6.61 Å². The summed E-state index contributed by atoms with van der Waals surface area (Å²) in [4.78, 5) is 11.9. The molecule has 1 aromatic heterocycles. The van der Waals surface area contributed by atoms with Crippen molar-refractivity contribution in [3.8, 4) is 0 Å². The summed E-state index contributed by atoms with van der Waals surface area (Å²) in [6.07, 6.45) is 3.65. The van der Waals surface area contributed by atoms with Crippen LogP contribution in [-0.2, 0) is 23.0 Å². The first-order chi connectivity index (χ1) is 9.22. The number of aryl methyl sites for hydroxylation is 1. The third-order valence-electron chi connectivity index (χ3n) is 3.76. The van der Waals surface area contributed by atoms with Crippen LogP contribution in [0.2, 0.25) is 0 Å². The second kappa shape index (κ2) is 4.57. The number of fused-ring (bicyclic) bond motifs is 3. The van der Waals surface area contributed by atoms with E-state index in [-0.39, 0.29) is 5.97 Å². The van der Waals surface area contributed by atoms with Gasteiger partial charge in [-0.25, -0.2) is 4.79 Å². The second-order valence-corrected chi connectivity index (χ2v) is 4.83. The van der Waals surface area contributed by atoms with Crippen LogP contribution in [0.15, 0.2) is 29.8 Å². The van der Waals surface area contributed by atoms with E-state index in [0.29, 0.717) is 6.61 Å². The fraction of sp³-hybridized carbons (Fsp3) is 0.312. The fourth-order valence-corrected chi connectivity index (χ4v) is 2.82. The molecule has 98 valence electrons. The zero-order valence-electron chi connectivity index (χ0n) is 11.3. The summed E-state index contributed by atoms with van der Waals surface area (Å²) in [5, 5.41) is 1.21. The molecule has 0 saturated carbocycles. The summed E-state index contributed by atoms with van der Waals surface area (Å²) in [5.74, 6) is -0.180. The predicted molar refractivity (Wildman–Crippen MR) is 75.9 cm³/mol. The Morgan fingerprint density at radius 2 is 2.11 bits per heavy atom. The molecule has 0 unspecified atom stereocenters. The van der Waals surface area contributed by atoms with Gasteiger partial charge < -0.3 is 9.30 Å². The Labute approximate surface area is 112 Å². The summed E-state index contributed by atoms with van der Waals surface area (Å²) in [5.41, 5.74) is 4.47. The molecule has 0 spiro atoms. The molecule has 1 aromatic carbocycles. The molecule has 3 heteroatoms. The van der Waals surface area contributed by atoms with Gasteiger partial charge in [0.05, 0.1) is 6.61 Å². The third kappa shape index (κ3) is 1.86. The van der Waals surface area contributed by atoms with Crippen LogP contribution in [-0.4, -0.2) is 17.1 Å². The van der Waals surface area contributed by atoms with Crippen LogP contribution >= 0.6 is 0 Å². The van der Waals surface area contributed by atoms with Crippen LogP contribution in [0, 0.1) is 0 Å².